The number of nitrogens with zero attached hydrogens (tertiary/aromatic N) is 2. The van der Waals surface area contributed by atoms with Crippen LogP contribution in [0.5, 0.6) is 5.75 Å². The van der Waals surface area contributed by atoms with Gasteiger partial charge in [-0.2, -0.15) is 0 Å². The summed E-state index contributed by atoms with van der Waals surface area (Å²) in [4.78, 5) is 17.5. The normalized spacial score (nSPS) is 10.9. The molecule has 0 radical (unpaired) electrons. The molecule has 5 nitrogen and oxygen atoms in total. The number of para-hydroxylation sites is 3. The number of hydrogen-bond acceptors (Lipinski definition) is 3. The van der Waals surface area contributed by atoms with E-state index < -0.39 is 0 Å². The number of ether oxygens (including phenoxy) is 1. The van der Waals surface area contributed by atoms with Crippen LogP contribution in [-0.2, 0) is 24.3 Å². The first kappa shape index (κ1) is 23.6. The van der Waals surface area contributed by atoms with Gasteiger partial charge in [0, 0.05) is 0 Å². The Bertz CT molecular complexity index is 1460. The zero-order valence-electron chi connectivity index (χ0n) is 19.7. The molecule has 0 fully saturated rings. The third kappa shape index (κ3) is 5.58. The summed E-state index contributed by atoms with van der Waals surface area (Å²) >= 11 is 6.21. The Kier molecular flexibility index (Phi) is 7.29. The van der Waals surface area contributed by atoms with E-state index in [0.717, 1.165) is 33.5 Å². The molecule has 0 unspecified atom stereocenters. The number of hydrogen-bond donors (Lipinski definition) is 1. The molecule has 5 rings (SSSR count). The fraction of sp³-hybridized carbons (Fsp3) is 0.133. The topological polar surface area (TPSA) is 56.2 Å². The average Bonchev–Trinajstić information content (AvgIpc) is 3.27. The van der Waals surface area contributed by atoms with Crippen molar-refractivity contribution in [2.75, 3.05) is 6.61 Å². The molecule has 0 saturated carbocycles. The summed E-state index contributed by atoms with van der Waals surface area (Å²) in [5, 5.41) is 3.61. The highest BCUT2D eigenvalue weighted by molar-refractivity contribution is 6.32. The van der Waals surface area contributed by atoms with Crippen molar-refractivity contribution in [3.63, 3.8) is 0 Å². The lowest BCUT2D eigenvalue weighted by Crippen LogP contribution is -2.26. The van der Waals surface area contributed by atoms with Crippen molar-refractivity contribution in [1.29, 1.82) is 0 Å². The maximum absolute atomic E-state index is 12.7. The molecule has 36 heavy (non-hydrogen) atoms. The van der Waals surface area contributed by atoms with Gasteiger partial charge < -0.3 is 14.6 Å². The number of benzene rings is 4. The summed E-state index contributed by atoms with van der Waals surface area (Å²) in [6.07, 6.45) is 0.310. The maximum atomic E-state index is 12.7. The van der Waals surface area contributed by atoms with Crippen LogP contribution < -0.4 is 10.1 Å². The molecule has 1 amide bonds. The first-order valence-electron chi connectivity index (χ1n) is 11.9. The Morgan fingerprint density at radius 1 is 0.833 bits per heavy atom. The van der Waals surface area contributed by atoms with Crippen LogP contribution in [0.25, 0.3) is 22.2 Å². The molecular formula is C30H26ClN3O2. The maximum Gasteiger partial charge on any atom is 0.224 e. The predicted molar refractivity (Wildman–Crippen MR) is 144 cm³/mol. The number of aromatic nitrogens is 2. The molecule has 0 aliphatic heterocycles. The number of carbonyl (C=O) groups excluding carboxylic acids is 1. The number of imidazole rings is 1. The van der Waals surface area contributed by atoms with Gasteiger partial charge in [0.25, 0.3) is 0 Å². The first-order chi connectivity index (χ1) is 17.7. The van der Waals surface area contributed by atoms with Gasteiger partial charge in [-0.3, -0.25) is 4.79 Å². The van der Waals surface area contributed by atoms with Crippen LogP contribution in [0.15, 0.2) is 103 Å². The van der Waals surface area contributed by atoms with E-state index in [1.807, 2.05) is 72.8 Å². The van der Waals surface area contributed by atoms with E-state index in [4.69, 9.17) is 21.3 Å². The van der Waals surface area contributed by atoms with Gasteiger partial charge in [0.1, 0.15) is 18.2 Å². The van der Waals surface area contributed by atoms with E-state index in [9.17, 15) is 4.79 Å². The van der Waals surface area contributed by atoms with Crippen molar-refractivity contribution in [3.8, 4) is 16.9 Å². The number of amides is 1. The van der Waals surface area contributed by atoms with E-state index in [0.29, 0.717) is 36.9 Å². The summed E-state index contributed by atoms with van der Waals surface area (Å²) in [6, 6.07) is 33.7. The second-order valence-electron chi connectivity index (χ2n) is 8.46. The van der Waals surface area contributed by atoms with Gasteiger partial charge in [0.15, 0.2) is 0 Å². The van der Waals surface area contributed by atoms with Gasteiger partial charge in [0.05, 0.1) is 35.6 Å². The molecule has 4 aromatic carbocycles. The highest BCUT2D eigenvalue weighted by atomic mass is 35.5. The lowest BCUT2D eigenvalue weighted by atomic mass is 10.0. The van der Waals surface area contributed by atoms with E-state index >= 15 is 0 Å². The van der Waals surface area contributed by atoms with Crippen LogP contribution in [-0.4, -0.2) is 22.1 Å². The quantitative estimate of drug-likeness (QED) is 0.261. The van der Waals surface area contributed by atoms with Crippen molar-refractivity contribution in [1.82, 2.24) is 14.9 Å². The van der Waals surface area contributed by atoms with Crippen LogP contribution in [0.3, 0.4) is 0 Å². The molecule has 0 spiro atoms. The van der Waals surface area contributed by atoms with Crippen molar-refractivity contribution >= 4 is 28.5 Å². The Labute approximate surface area is 215 Å². The van der Waals surface area contributed by atoms with Gasteiger partial charge in [0.2, 0.25) is 5.91 Å². The first-order valence-corrected chi connectivity index (χ1v) is 12.3. The van der Waals surface area contributed by atoms with Gasteiger partial charge in [-0.15, -0.1) is 0 Å². The average molecular weight is 496 g/mol. The number of fused-ring (bicyclic) bond motifs is 1. The minimum absolute atomic E-state index is 0.0478. The molecule has 6 heteroatoms. The fourth-order valence-electron chi connectivity index (χ4n) is 4.19. The van der Waals surface area contributed by atoms with Gasteiger partial charge in [-0.25, -0.2) is 4.98 Å². The minimum Gasteiger partial charge on any atom is -0.490 e. The van der Waals surface area contributed by atoms with Crippen molar-refractivity contribution < 1.29 is 9.53 Å². The summed E-state index contributed by atoms with van der Waals surface area (Å²) in [6.45, 7) is 1.35. The predicted octanol–water partition coefficient (Wildman–Crippen LogP) is 6.29. The molecule has 1 heterocycles. The van der Waals surface area contributed by atoms with E-state index in [1.54, 1.807) is 6.07 Å². The van der Waals surface area contributed by atoms with E-state index in [1.165, 1.54) is 0 Å². The van der Waals surface area contributed by atoms with Gasteiger partial charge >= 0.3 is 0 Å². The van der Waals surface area contributed by atoms with E-state index in [2.05, 4.69) is 34.1 Å². The molecule has 0 saturated heterocycles. The number of halogens is 1. The highest BCUT2D eigenvalue weighted by Gasteiger charge is 2.13. The van der Waals surface area contributed by atoms with Crippen molar-refractivity contribution in [3.05, 3.63) is 120 Å². The monoisotopic (exact) mass is 495 g/mol. The number of carbonyl (C=O) groups is 1. The minimum atomic E-state index is -0.0478. The second-order valence-corrected chi connectivity index (χ2v) is 8.87. The van der Waals surface area contributed by atoms with Crippen molar-refractivity contribution in [2.45, 2.75) is 19.5 Å². The third-order valence-corrected chi connectivity index (χ3v) is 6.32. The molecule has 0 aliphatic rings. The van der Waals surface area contributed by atoms with E-state index in [-0.39, 0.29) is 5.91 Å². The third-order valence-electron chi connectivity index (χ3n) is 6.01. The lowest BCUT2D eigenvalue weighted by molar-refractivity contribution is -0.120. The number of nitrogens with one attached hydrogen (secondary N) is 1. The van der Waals surface area contributed by atoms with Crippen LogP contribution >= 0.6 is 11.6 Å². The number of rotatable bonds is 9. The van der Waals surface area contributed by atoms with Gasteiger partial charge in [-0.1, -0.05) is 90.5 Å². The molecule has 0 atom stereocenters. The molecule has 1 aromatic heterocycles. The fourth-order valence-corrected chi connectivity index (χ4v) is 4.38. The zero-order chi connectivity index (χ0) is 24.7. The lowest BCUT2D eigenvalue weighted by Gasteiger charge is -2.12. The van der Waals surface area contributed by atoms with Crippen LogP contribution in [0.2, 0.25) is 5.02 Å². The van der Waals surface area contributed by atoms with Crippen LogP contribution in [0, 0.1) is 0 Å². The molecular weight excluding hydrogens is 470 g/mol. The Hall–Kier alpha value is -4.09. The van der Waals surface area contributed by atoms with Gasteiger partial charge in [-0.05, 0) is 41.0 Å². The summed E-state index contributed by atoms with van der Waals surface area (Å²) < 4.78 is 7.98. The Morgan fingerprint density at radius 2 is 1.53 bits per heavy atom. The zero-order valence-corrected chi connectivity index (χ0v) is 20.5. The summed E-state index contributed by atoms with van der Waals surface area (Å²) in [7, 11) is 0. The Balaban J connectivity index is 1.22. The molecule has 0 bridgehead atoms. The molecule has 180 valence electrons. The SMILES string of the molecule is O=C(Cc1ccc(-c2ccccc2)cc1)NCc1nc2ccccc2n1CCOc1ccccc1Cl. The molecule has 0 aliphatic carbocycles. The largest absolute Gasteiger partial charge is 0.490 e. The molecule has 5 aromatic rings. The Morgan fingerprint density at radius 3 is 2.33 bits per heavy atom. The van der Waals surface area contributed by atoms with Crippen molar-refractivity contribution in [2.24, 2.45) is 0 Å². The summed E-state index contributed by atoms with van der Waals surface area (Å²) in [5.41, 5.74) is 5.14. The highest BCUT2D eigenvalue weighted by Crippen LogP contribution is 2.24. The standard InChI is InChI=1S/C30H26ClN3O2/c31-25-10-4-7-13-28(25)36-19-18-34-27-12-6-5-11-26(27)33-29(34)21-32-30(35)20-22-14-16-24(17-15-22)23-8-2-1-3-9-23/h1-17H,18-21H2,(H,32,35). The smallest absolute Gasteiger partial charge is 0.224 e. The molecule has 1 N–H and O–H groups in total. The van der Waals surface area contributed by atoms with Crippen LogP contribution in [0.4, 0.5) is 0 Å². The summed E-state index contributed by atoms with van der Waals surface area (Å²) in [5.74, 6) is 1.39. The second kappa shape index (κ2) is 11.1. The van der Waals surface area contributed by atoms with Crippen LogP contribution in [0.1, 0.15) is 11.4 Å².